The first-order valence-corrected chi connectivity index (χ1v) is 12.6. The fourth-order valence-electron chi connectivity index (χ4n) is 3.96. The van der Waals surface area contributed by atoms with Gasteiger partial charge in [-0.05, 0) is 61.2 Å². The molecule has 3 aromatic carbocycles. The molecule has 35 heavy (non-hydrogen) atoms. The van der Waals surface area contributed by atoms with E-state index in [1.807, 2.05) is 42.2 Å². The van der Waals surface area contributed by atoms with Crippen LogP contribution in [0.3, 0.4) is 0 Å². The number of amides is 2. The van der Waals surface area contributed by atoms with E-state index in [0.717, 1.165) is 17.5 Å². The Hall–Kier alpha value is -3.58. The number of hydrogen-bond acceptors (Lipinski definition) is 5. The summed E-state index contributed by atoms with van der Waals surface area (Å²) in [5.41, 5.74) is 4.49. The van der Waals surface area contributed by atoms with Crippen molar-refractivity contribution in [3.05, 3.63) is 101 Å². The molecule has 2 amide bonds. The number of carbonyl (C=O) groups excluding carboxylic acids is 3. The van der Waals surface area contributed by atoms with Crippen LogP contribution in [0.2, 0.25) is 0 Å². The Morgan fingerprint density at radius 3 is 2.46 bits per heavy atom. The smallest absolute Gasteiger partial charge is 0.338 e. The first-order chi connectivity index (χ1) is 17.0. The van der Waals surface area contributed by atoms with E-state index in [2.05, 4.69) is 17.4 Å². The number of hydrogen-bond donors (Lipinski definition) is 1. The summed E-state index contributed by atoms with van der Waals surface area (Å²) in [5.74, 6) is -0.100. The van der Waals surface area contributed by atoms with Gasteiger partial charge in [-0.15, -0.1) is 11.8 Å². The van der Waals surface area contributed by atoms with E-state index < -0.39 is 5.97 Å². The van der Waals surface area contributed by atoms with Crippen LogP contribution >= 0.6 is 11.8 Å². The van der Waals surface area contributed by atoms with Crippen LogP contribution in [0.4, 0.5) is 5.69 Å². The van der Waals surface area contributed by atoms with E-state index in [1.54, 1.807) is 49.0 Å². The van der Waals surface area contributed by atoms with Crippen molar-refractivity contribution in [3.8, 4) is 0 Å². The van der Waals surface area contributed by atoms with Crippen LogP contribution in [-0.2, 0) is 16.0 Å². The predicted molar refractivity (Wildman–Crippen MR) is 139 cm³/mol. The van der Waals surface area contributed by atoms with Gasteiger partial charge in [-0.25, -0.2) is 4.79 Å². The number of nitrogens with one attached hydrogen (secondary N) is 1. The van der Waals surface area contributed by atoms with E-state index >= 15 is 0 Å². The topological polar surface area (TPSA) is 75.7 Å². The molecule has 1 saturated heterocycles. The van der Waals surface area contributed by atoms with Crippen LogP contribution in [0, 0.1) is 6.92 Å². The van der Waals surface area contributed by atoms with Gasteiger partial charge < -0.3 is 15.0 Å². The molecule has 6 nitrogen and oxygen atoms in total. The second-order valence-corrected chi connectivity index (χ2v) is 9.38. The summed E-state index contributed by atoms with van der Waals surface area (Å²) >= 11 is 1.61. The molecule has 0 radical (unpaired) electrons. The van der Waals surface area contributed by atoms with Crippen molar-refractivity contribution in [2.75, 3.05) is 24.2 Å². The molecule has 0 aliphatic carbocycles. The average Bonchev–Trinajstić information content (AvgIpc) is 3.25. The zero-order valence-electron chi connectivity index (χ0n) is 19.8. The molecule has 180 valence electrons. The number of thioether (sulfide) groups is 1. The maximum absolute atomic E-state index is 12.9. The summed E-state index contributed by atoms with van der Waals surface area (Å²) < 4.78 is 5.05. The van der Waals surface area contributed by atoms with Crippen LogP contribution in [0.5, 0.6) is 0 Å². The molecule has 0 spiro atoms. The molecular weight excluding hydrogens is 460 g/mol. The quantitative estimate of drug-likeness (QED) is 0.439. The van der Waals surface area contributed by atoms with Gasteiger partial charge in [-0.1, -0.05) is 48.5 Å². The van der Waals surface area contributed by atoms with Crippen LogP contribution in [0.15, 0.2) is 72.8 Å². The summed E-state index contributed by atoms with van der Waals surface area (Å²) in [7, 11) is 0. The summed E-state index contributed by atoms with van der Waals surface area (Å²) in [6.07, 6.45) is 0.800. The second kappa shape index (κ2) is 11.2. The molecule has 7 heteroatoms. The Morgan fingerprint density at radius 1 is 1.03 bits per heavy atom. The summed E-state index contributed by atoms with van der Waals surface area (Å²) in [4.78, 5) is 39.4. The molecule has 1 heterocycles. The van der Waals surface area contributed by atoms with E-state index in [1.165, 1.54) is 5.56 Å². The fourth-order valence-corrected chi connectivity index (χ4v) is 5.18. The molecule has 4 rings (SSSR count). The highest BCUT2D eigenvalue weighted by atomic mass is 32.2. The number of esters is 1. The number of anilines is 1. The third-order valence-electron chi connectivity index (χ3n) is 5.91. The van der Waals surface area contributed by atoms with Gasteiger partial charge in [0.15, 0.2) is 0 Å². The third-order valence-corrected chi connectivity index (χ3v) is 7.16. The number of benzene rings is 3. The maximum atomic E-state index is 12.9. The minimum atomic E-state index is -0.423. The van der Waals surface area contributed by atoms with Crippen molar-refractivity contribution < 1.29 is 19.1 Å². The van der Waals surface area contributed by atoms with Gasteiger partial charge in [-0.2, -0.15) is 0 Å². The van der Waals surface area contributed by atoms with Crippen LogP contribution < -0.4 is 5.32 Å². The SMILES string of the molecule is CCOC(=O)c1ccc(C)c(NC(=O)c2ccc([C@H]3SCC(=O)N3CCc3ccccc3)cc2)c1. The average molecular weight is 489 g/mol. The number of ether oxygens (including phenoxy) is 1. The monoisotopic (exact) mass is 488 g/mol. The Morgan fingerprint density at radius 2 is 1.74 bits per heavy atom. The highest BCUT2D eigenvalue weighted by Gasteiger charge is 2.32. The minimum absolute atomic E-state index is 0.0631. The minimum Gasteiger partial charge on any atom is -0.462 e. The maximum Gasteiger partial charge on any atom is 0.338 e. The van der Waals surface area contributed by atoms with Crippen LogP contribution in [-0.4, -0.2) is 41.6 Å². The highest BCUT2D eigenvalue weighted by molar-refractivity contribution is 8.00. The fraction of sp³-hybridized carbons (Fsp3) is 0.250. The number of aryl methyl sites for hydroxylation is 1. The standard InChI is InChI=1S/C28H28N2O4S/c1-3-34-28(33)23-10-9-19(2)24(17-23)29-26(32)21-11-13-22(14-12-21)27-30(25(31)18-35-27)16-15-20-7-5-4-6-8-20/h4-14,17,27H,3,15-16,18H2,1-2H3,(H,29,32)/t27-/m1/s1. The number of carbonyl (C=O) groups is 3. The lowest BCUT2D eigenvalue weighted by atomic mass is 10.1. The summed E-state index contributed by atoms with van der Waals surface area (Å²) in [6.45, 7) is 4.56. The van der Waals surface area contributed by atoms with Gasteiger partial charge in [0.05, 0.1) is 17.9 Å². The van der Waals surface area contributed by atoms with Gasteiger partial charge in [0.1, 0.15) is 5.37 Å². The van der Waals surface area contributed by atoms with E-state index in [9.17, 15) is 14.4 Å². The van der Waals surface area contributed by atoms with Crippen molar-refractivity contribution in [3.63, 3.8) is 0 Å². The molecule has 0 bridgehead atoms. The van der Waals surface area contributed by atoms with Gasteiger partial charge in [0, 0.05) is 17.8 Å². The second-order valence-electron chi connectivity index (χ2n) is 8.31. The number of nitrogens with zero attached hydrogens (tertiary/aromatic N) is 1. The number of rotatable bonds is 8. The molecule has 0 aromatic heterocycles. The van der Waals surface area contributed by atoms with Gasteiger partial charge >= 0.3 is 5.97 Å². The molecule has 3 aromatic rings. The first kappa shape index (κ1) is 24.5. The van der Waals surface area contributed by atoms with Crippen molar-refractivity contribution in [2.45, 2.75) is 25.6 Å². The third kappa shape index (κ3) is 5.92. The molecule has 0 saturated carbocycles. The summed E-state index contributed by atoms with van der Waals surface area (Å²) in [5, 5.41) is 2.83. The molecule has 1 N–H and O–H groups in total. The van der Waals surface area contributed by atoms with Gasteiger partial charge in [0.25, 0.3) is 5.91 Å². The lowest BCUT2D eigenvalue weighted by Gasteiger charge is -2.24. The molecular formula is C28H28N2O4S. The zero-order valence-corrected chi connectivity index (χ0v) is 20.6. The molecule has 1 aliphatic heterocycles. The highest BCUT2D eigenvalue weighted by Crippen LogP contribution is 2.38. The van der Waals surface area contributed by atoms with Crippen molar-refractivity contribution in [1.82, 2.24) is 4.90 Å². The summed E-state index contributed by atoms with van der Waals surface area (Å²) in [6, 6.07) is 22.6. The molecule has 1 fully saturated rings. The Kier molecular flexibility index (Phi) is 7.87. The van der Waals surface area contributed by atoms with Gasteiger partial charge in [0.2, 0.25) is 5.91 Å². The zero-order chi connectivity index (χ0) is 24.8. The molecule has 1 atom stereocenters. The predicted octanol–water partition coefficient (Wildman–Crippen LogP) is 5.24. The lowest BCUT2D eigenvalue weighted by molar-refractivity contribution is -0.128. The van der Waals surface area contributed by atoms with Crippen LogP contribution in [0.25, 0.3) is 0 Å². The van der Waals surface area contributed by atoms with E-state index in [-0.39, 0.29) is 23.8 Å². The molecule has 0 unspecified atom stereocenters. The normalized spacial score (nSPS) is 15.2. The lowest BCUT2D eigenvalue weighted by Crippen LogP contribution is -2.30. The Labute approximate surface area is 209 Å². The molecule has 1 aliphatic rings. The first-order valence-electron chi connectivity index (χ1n) is 11.6. The van der Waals surface area contributed by atoms with Crippen molar-refractivity contribution in [2.24, 2.45) is 0 Å². The van der Waals surface area contributed by atoms with Crippen molar-refractivity contribution >= 4 is 35.2 Å². The van der Waals surface area contributed by atoms with Gasteiger partial charge in [-0.3, -0.25) is 9.59 Å². The van der Waals surface area contributed by atoms with Crippen molar-refractivity contribution in [1.29, 1.82) is 0 Å². The Bertz CT molecular complexity index is 1210. The largest absolute Gasteiger partial charge is 0.462 e. The Balaban J connectivity index is 1.43. The van der Waals surface area contributed by atoms with Crippen LogP contribution in [0.1, 0.15) is 49.7 Å². The van der Waals surface area contributed by atoms with E-state index in [4.69, 9.17) is 4.74 Å². The van der Waals surface area contributed by atoms with E-state index in [0.29, 0.717) is 29.1 Å².